The summed E-state index contributed by atoms with van der Waals surface area (Å²) in [5.41, 5.74) is 0.750. The normalized spacial score (nSPS) is 19.7. The Morgan fingerprint density at radius 3 is 3.27 bits per heavy atom. The van der Waals surface area contributed by atoms with Crippen molar-refractivity contribution in [3.05, 3.63) is 22.4 Å². The van der Waals surface area contributed by atoms with Crippen LogP contribution in [0.5, 0.6) is 0 Å². The van der Waals surface area contributed by atoms with Crippen molar-refractivity contribution in [1.29, 1.82) is 0 Å². The maximum Gasteiger partial charge on any atom is 0.264 e. The van der Waals surface area contributed by atoms with Crippen LogP contribution in [0.4, 0.5) is 0 Å². The van der Waals surface area contributed by atoms with E-state index in [0.717, 1.165) is 12.3 Å². The lowest BCUT2D eigenvalue weighted by Gasteiger charge is -2.01. The van der Waals surface area contributed by atoms with Gasteiger partial charge in [0.2, 0.25) is 0 Å². The molecule has 0 unspecified atom stereocenters. The van der Waals surface area contributed by atoms with Gasteiger partial charge in [-0.15, -0.1) is 0 Å². The predicted molar refractivity (Wildman–Crippen MR) is 56.2 cm³/mol. The van der Waals surface area contributed by atoms with Crippen molar-refractivity contribution >= 4 is 21.7 Å². The van der Waals surface area contributed by atoms with Crippen molar-refractivity contribution in [3.8, 4) is 0 Å². The Hall–Kier alpha value is -1.27. The molecule has 3 rings (SSSR count). The van der Waals surface area contributed by atoms with E-state index in [1.807, 2.05) is 6.92 Å². The topological polar surface area (TPSA) is 60.3 Å². The number of aryl methyl sites for hydroxylation is 1. The molecule has 3 heterocycles. The second kappa shape index (κ2) is 3.11. The van der Waals surface area contributed by atoms with Gasteiger partial charge >= 0.3 is 0 Å². The summed E-state index contributed by atoms with van der Waals surface area (Å²) < 4.78 is 10.8. The number of ether oxygens (including phenoxy) is 1. The molecule has 0 aliphatic carbocycles. The Morgan fingerprint density at radius 2 is 2.53 bits per heavy atom. The SMILES string of the molecule is Cc1nsc2ncn(C[C@@H]3CO3)c(=O)c12. The summed E-state index contributed by atoms with van der Waals surface area (Å²) >= 11 is 1.27. The molecule has 1 aliphatic heterocycles. The molecule has 0 saturated carbocycles. The summed E-state index contributed by atoms with van der Waals surface area (Å²) in [7, 11) is 0. The Kier molecular flexibility index (Phi) is 1.86. The number of nitrogens with zero attached hydrogens (tertiary/aromatic N) is 3. The summed E-state index contributed by atoms with van der Waals surface area (Å²) in [6, 6.07) is 0. The molecular weight excluding hydrogens is 214 g/mol. The molecule has 1 atom stereocenters. The molecule has 0 aromatic carbocycles. The lowest BCUT2D eigenvalue weighted by atomic mass is 10.3. The molecule has 6 heteroatoms. The smallest absolute Gasteiger partial charge is 0.264 e. The minimum atomic E-state index is -0.0123. The van der Waals surface area contributed by atoms with Gasteiger partial charge < -0.3 is 4.74 Å². The molecule has 0 bridgehead atoms. The van der Waals surface area contributed by atoms with Gasteiger partial charge in [-0.2, -0.15) is 4.37 Å². The highest BCUT2D eigenvalue weighted by Crippen LogP contribution is 2.16. The summed E-state index contributed by atoms with van der Waals surface area (Å²) in [6.45, 7) is 3.17. The lowest BCUT2D eigenvalue weighted by Crippen LogP contribution is -2.22. The molecule has 78 valence electrons. The average molecular weight is 223 g/mol. The maximum atomic E-state index is 12.0. The van der Waals surface area contributed by atoms with Gasteiger partial charge in [0, 0.05) is 0 Å². The fraction of sp³-hybridized carbons (Fsp3) is 0.444. The highest BCUT2D eigenvalue weighted by molar-refractivity contribution is 7.12. The van der Waals surface area contributed by atoms with E-state index in [4.69, 9.17) is 4.74 Å². The van der Waals surface area contributed by atoms with E-state index in [1.165, 1.54) is 11.5 Å². The summed E-state index contributed by atoms with van der Waals surface area (Å²) in [5, 5.41) is 0.642. The van der Waals surface area contributed by atoms with Crippen molar-refractivity contribution in [3.63, 3.8) is 0 Å². The van der Waals surface area contributed by atoms with Crippen LogP contribution in [0.15, 0.2) is 11.1 Å². The number of epoxide rings is 1. The van der Waals surface area contributed by atoms with Crippen molar-refractivity contribution in [2.45, 2.75) is 19.6 Å². The number of hydrogen-bond donors (Lipinski definition) is 0. The molecule has 0 spiro atoms. The highest BCUT2D eigenvalue weighted by atomic mass is 32.1. The lowest BCUT2D eigenvalue weighted by molar-refractivity contribution is 0.380. The molecule has 5 nitrogen and oxygen atoms in total. The molecule has 1 aliphatic rings. The van der Waals surface area contributed by atoms with Crippen molar-refractivity contribution in [1.82, 2.24) is 13.9 Å². The number of aromatic nitrogens is 3. The molecule has 0 amide bonds. The van der Waals surface area contributed by atoms with Crippen LogP contribution in [0, 0.1) is 6.92 Å². The fourth-order valence-electron chi connectivity index (χ4n) is 1.53. The molecule has 15 heavy (non-hydrogen) atoms. The van der Waals surface area contributed by atoms with E-state index < -0.39 is 0 Å². The van der Waals surface area contributed by atoms with Crippen molar-refractivity contribution < 1.29 is 4.74 Å². The molecule has 0 N–H and O–H groups in total. The monoisotopic (exact) mass is 223 g/mol. The third-order valence-corrected chi connectivity index (χ3v) is 3.28. The number of rotatable bonds is 2. The minimum Gasteiger partial charge on any atom is -0.371 e. The van der Waals surface area contributed by atoms with Gasteiger partial charge in [-0.1, -0.05) is 0 Å². The second-order valence-corrected chi connectivity index (χ2v) is 4.36. The van der Waals surface area contributed by atoms with Crippen LogP contribution in [-0.4, -0.2) is 26.6 Å². The standard InChI is InChI=1S/C9H9N3O2S/c1-5-7-8(15-11-5)10-4-12(9(7)13)2-6-3-14-6/h4,6H,2-3H2,1H3/t6-/m1/s1. The first-order valence-electron chi connectivity index (χ1n) is 4.69. The quantitative estimate of drug-likeness (QED) is 0.698. The van der Waals surface area contributed by atoms with E-state index in [1.54, 1.807) is 10.9 Å². The molecular formula is C9H9N3O2S. The van der Waals surface area contributed by atoms with E-state index in [9.17, 15) is 4.79 Å². The number of hydrogen-bond acceptors (Lipinski definition) is 5. The van der Waals surface area contributed by atoms with Gasteiger partial charge in [0.1, 0.15) is 0 Å². The zero-order valence-electron chi connectivity index (χ0n) is 8.14. The summed E-state index contributed by atoms with van der Waals surface area (Å²) in [6.07, 6.45) is 1.76. The first kappa shape index (κ1) is 8.99. The third kappa shape index (κ3) is 1.46. The highest BCUT2D eigenvalue weighted by Gasteiger charge is 2.24. The Labute approximate surface area is 89.5 Å². The van der Waals surface area contributed by atoms with E-state index in [0.29, 0.717) is 16.8 Å². The van der Waals surface area contributed by atoms with Crippen LogP contribution in [0.3, 0.4) is 0 Å². The van der Waals surface area contributed by atoms with Crippen molar-refractivity contribution in [2.75, 3.05) is 6.61 Å². The van der Waals surface area contributed by atoms with E-state index in [-0.39, 0.29) is 11.7 Å². The van der Waals surface area contributed by atoms with Gasteiger partial charge in [-0.25, -0.2) is 4.98 Å². The average Bonchev–Trinajstić information content (AvgIpc) is 2.95. The largest absolute Gasteiger partial charge is 0.371 e. The van der Waals surface area contributed by atoms with Crippen LogP contribution < -0.4 is 5.56 Å². The Morgan fingerprint density at radius 1 is 1.73 bits per heavy atom. The van der Waals surface area contributed by atoms with Gasteiger partial charge in [0.25, 0.3) is 5.56 Å². The Bertz CT molecular complexity index is 570. The van der Waals surface area contributed by atoms with E-state index in [2.05, 4.69) is 9.36 Å². The zero-order valence-corrected chi connectivity index (χ0v) is 8.95. The van der Waals surface area contributed by atoms with Gasteiger partial charge in [0.15, 0.2) is 4.83 Å². The fourth-order valence-corrected chi connectivity index (χ4v) is 2.27. The first-order valence-corrected chi connectivity index (χ1v) is 5.46. The first-order chi connectivity index (χ1) is 7.25. The van der Waals surface area contributed by atoms with E-state index >= 15 is 0 Å². The van der Waals surface area contributed by atoms with Crippen LogP contribution in [0.2, 0.25) is 0 Å². The second-order valence-electron chi connectivity index (χ2n) is 3.61. The van der Waals surface area contributed by atoms with Crippen LogP contribution in [0.25, 0.3) is 10.2 Å². The molecule has 2 aromatic rings. The maximum absolute atomic E-state index is 12.0. The molecule has 1 fully saturated rings. The van der Waals surface area contributed by atoms with Crippen LogP contribution in [0.1, 0.15) is 5.69 Å². The summed E-state index contributed by atoms with van der Waals surface area (Å²) in [5.74, 6) is 0. The third-order valence-electron chi connectivity index (χ3n) is 2.44. The van der Waals surface area contributed by atoms with Crippen LogP contribution >= 0.6 is 11.5 Å². The predicted octanol–water partition coefficient (Wildman–Crippen LogP) is 0.560. The zero-order chi connectivity index (χ0) is 10.4. The van der Waals surface area contributed by atoms with Gasteiger partial charge in [-0.05, 0) is 18.5 Å². The minimum absolute atomic E-state index is 0.0123. The molecule has 1 saturated heterocycles. The molecule has 2 aromatic heterocycles. The van der Waals surface area contributed by atoms with Gasteiger partial charge in [0.05, 0.1) is 36.7 Å². The van der Waals surface area contributed by atoms with Gasteiger partial charge in [-0.3, -0.25) is 9.36 Å². The molecule has 0 radical (unpaired) electrons. The van der Waals surface area contributed by atoms with Crippen molar-refractivity contribution in [2.24, 2.45) is 0 Å². The summed E-state index contributed by atoms with van der Waals surface area (Å²) in [4.78, 5) is 16.9. The Balaban J connectivity index is 2.18. The number of fused-ring (bicyclic) bond motifs is 1. The van der Waals surface area contributed by atoms with Crippen LogP contribution in [-0.2, 0) is 11.3 Å².